The average Bonchev–Trinajstić information content (AvgIpc) is 2.05. The Hall–Kier alpha value is -1.63. The molecule has 0 aliphatic carbocycles. The number of aromatic amines is 1. The van der Waals surface area contributed by atoms with Gasteiger partial charge in [0.15, 0.2) is 0 Å². The Bertz CT molecular complexity index is 373. The van der Waals surface area contributed by atoms with Gasteiger partial charge in [-0.15, -0.1) is 0 Å². The monoisotopic (exact) mass is 163 g/mol. The third-order valence-corrected chi connectivity index (χ3v) is 1.54. The highest BCUT2D eigenvalue weighted by Crippen LogP contribution is 2.08. The van der Waals surface area contributed by atoms with E-state index in [0.717, 1.165) is 5.69 Å². The Kier molecular flexibility index (Phi) is 2.24. The summed E-state index contributed by atoms with van der Waals surface area (Å²) in [5.74, 6) is 0.217. The Morgan fingerprint density at radius 3 is 2.83 bits per heavy atom. The van der Waals surface area contributed by atoms with Gasteiger partial charge in [0, 0.05) is 0 Å². The van der Waals surface area contributed by atoms with E-state index in [4.69, 9.17) is 5.26 Å². The van der Waals surface area contributed by atoms with E-state index in [1.54, 1.807) is 6.07 Å². The van der Waals surface area contributed by atoms with Crippen LogP contribution in [0.5, 0.6) is 0 Å². The molecule has 4 heteroatoms. The van der Waals surface area contributed by atoms with E-state index < -0.39 is 5.56 Å². The van der Waals surface area contributed by atoms with Crippen LogP contribution in [0.25, 0.3) is 0 Å². The van der Waals surface area contributed by atoms with Crippen LogP contribution in [0.3, 0.4) is 0 Å². The van der Waals surface area contributed by atoms with Gasteiger partial charge in [0.05, 0.1) is 5.69 Å². The number of rotatable bonds is 1. The predicted molar refractivity (Wildman–Crippen MR) is 43.7 cm³/mol. The first-order valence-corrected chi connectivity index (χ1v) is 3.65. The molecule has 1 aromatic heterocycles. The third-order valence-electron chi connectivity index (χ3n) is 1.54. The largest absolute Gasteiger partial charge is 0.282 e. The molecule has 0 unspecified atom stereocenters. The van der Waals surface area contributed by atoms with Gasteiger partial charge in [-0.05, 0) is 12.0 Å². The first kappa shape index (κ1) is 8.47. The fraction of sp³-hybridized carbons (Fsp3) is 0.375. The first-order valence-electron chi connectivity index (χ1n) is 3.65. The Labute approximate surface area is 69.9 Å². The third kappa shape index (κ3) is 1.51. The van der Waals surface area contributed by atoms with Gasteiger partial charge in [-0.25, -0.2) is 5.10 Å². The normalized spacial score (nSPS) is 9.83. The molecule has 1 rings (SSSR count). The highest BCUT2D eigenvalue weighted by atomic mass is 16.1. The molecule has 0 spiro atoms. The molecule has 1 N–H and O–H groups in total. The molecule has 0 fully saturated rings. The molecule has 0 radical (unpaired) electrons. The van der Waals surface area contributed by atoms with Gasteiger partial charge in [0.2, 0.25) is 0 Å². The van der Waals surface area contributed by atoms with Crippen molar-refractivity contribution in [3.05, 3.63) is 27.7 Å². The van der Waals surface area contributed by atoms with Crippen molar-refractivity contribution in [2.45, 2.75) is 19.8 Å². The lowest BCUT2D eigenvalue weighted by atomic mass is 10.1. The molecule has 0 saturated heterocycles. The quantitative estimate of drug-likeness (QED) is 0.664. The highest BCUT2D eigenvalue weighted by Gasteiger charge is 2.04. The molecule has 4 nitrogen and oxygen atoms in total. The summed E-state index contributed by atoms with van der Waals surface area (Å²) in [5.41, 5.74) is 0.418. The summed E-state index contributed by atoms with van der Waals surface area (Å²) in [5, 5.41) is 14.6. The maximum Gasteiger partial charge on any atom is 0.282 e. The molecular weight excluding hydrogens is 154 g/mol. The lowest BCUT2D eigenvalue weighted by Crippen LogP contribution is -2.13. The van der Waals surface area contributed by atoms with Crippen molar-refractivity contribution in [3.63, 3.8) is 0 Å². The van der Waals surface area contributed by atoms with Crippen molar-refractivity contribution in [2.24, 2.45) is 0 Å². The maximum atomic E-state index is 10.9. The molecule has 1 aromatic rings. The molecule has 0 aliphatic rings. The number of aromatic nitrogens is 2. The van der Waals surface area contributed by atoms with Crippen LogP contribution < -0.4 is 5.56 Å². The van der Waals surface area contributed by atoms with Gasteiger partial charge in [0.1, 0.15) is 11.6 Å². The predicted octanol–water partition coefficient (Wildman–Crippen LogP) is 0.765. The molecule has 0 bridgehead atoms. The Balaban J connectivity index is 3.26. The summed E-state index contributed by atoms with van der Waals surface area (Å²) >= 11 is 0. The van der Waals surface area contributed by atoms with Crippen LogP contribution in [0, 0.1) is 11.3 Å². The smallest absolute Gasteiger partial charge is 0.267 e. The van der Waals surface area contributed by atoms with Crippen LogP contribution in [-0.4, -0.2) is 10.2 Å². The molecule has 0 aliphatic heterocycles. The molecule has 0 saturated carbocycles. The van der Waals surface area contributed by atoms with Crippen LogP contribution >= 0.6 is 0 Å². The summed E-state index contributed by atoms with van der Waals surface area (Å²) in [4.78, 5) is 10.9. The zero-order valence-electron chi connectivity index (χ0n) is 6.96. The topological polar surface area (TPSA) is 69.5 Å². The molecular formula is C8H9N3O. The van der Waals surface area contributed by atoms with Crippen molar-refractivity contribution in [3.8, 4) is 6.07 Å². The summed E-state index contributed by atoms with van der Waals surface area (Å²) < 4.78 is 0. The number of nitrogens with one attached hydrogen (secondary N) is 1. The van der Waals surface area contributed by atoms with Gasteiger partial charge < -0.3 is 0 Å². The minimum atomic E-state index is -0.429. The van der Waals surface area contributed by atoms with Crippen LogP contribution in [0.2, 0.25) is 0 Å². The molecule has 62 valence electrons. The minimum absolute atomic E-state index is 0.119. The van der Waals surface area contributed by atoms with E-state index in [2.05, 4.69) is 10.2 Å². The Morgan fingerprint density at radius 2 is 2.33 bits per heavy atom. The van der Waals surface area contributed by atoms with Crippen molar-refractivity contribution in [2.75, 3.05) is 0 Å². The zero-order valence-corrected chi connectivity index (χ0v) is 6.96. The van der Waals surface area contributed by atoms with Crippen molar-refractivity contribution >= 4 is 0 Å². The van der Waals surface area contributed by atoms with Crippen molar-refractivity contribution < 1.29 is 0 Å². The number of H-pyrrole nitrogens is 1. The van der Waals surface area contributed by atoms with Crippen molar-refractivity contribution in [1.82, 2.24) is 10.2 Å². The molecule has 12 heavy (non-hydrogen) atoms. The number of hydrogen-bond acceptors (Lipinski definition) is 3. The lowest BCUT2D eigenvalue weighted by Gasteiger charge is -2.01. The standard InChI is InChI=1S/C8H9N3O/c1-5(2)7-3-6(4-9)8(12)11-10-7/h3,5H,1-2H3,(H,11,12). The lowest BCUT2D eigenvalue weighted by molar-refractivity contribution is 0.775. The van der Waals surface area contributed by atoms with Crippen LogP contribution in [0.1, 0.15) is 31.0 Å². The fourth-order valence-corrected chi connectivity index (χ4v) is 0.800. The second-order valence-electron chi connectivity index (χ2n) is 2.80. The summed E-state index contributed by atoms with van der Waals surface area (Å²) in [6.07, 6.45) is 0. The maximum absolute atomic E-state index is 10.9. The van der Waals surface area contributed by atoms with E-state index in [9.17, 15) is 4.79 Å². The van der Waals surface area contributed by atoms with E-state index in [1.165, 1.54) is 6.07 Å². The summed E-state index contributed by atoms with van der Waals surface area (Å²) in [7, 11) is 0. The van der Waals surface area contributed by atoms with Crippen LogP contribution in [0.15, 0.2) is 10.9 Å². The minimum Gasteiger partial charge on any atom is -0.267 e. The number of nitriles is 1. The van der Waals surface area contributed by atoms with Gasteiger partial charge in [-0.2, -0.15) is 10.4 Å². The van der Waals surface area contributed by atoms with Crippen LogP contribution in [-0.2, 0) is 0 Å². The fourth-order valence-electron chi connectivity index (χ4n) is 0.800. The van der Waals surface area contributed by atoms with Gasteiger partial charge >= 0.3 is 0 Å². The van der Waals surface area contributed by atoms with Gasteiger partial charge in [0.25, 0.3) is 5.56 Å². The number of nitrogens with zero attached hydrogens (tertiary/aromatic N) is 2. The summed E-state index contributed by atoms with van der Waals surface area (Å²) in [6, 6.07) is 3.32. The highest BCUT2D eigenvalue weighted by molar-refractivity contribution is 5.27. The Morgan fingerprint density at radius 1 is 1.67 bits per heavy atom. The van der Waals surface area contributed by atoms with E-state index in [0.29, 0.717) is 0 Å². The average molecular weight is 163 g/mol. The molecule has 0 amide bonds. The van der Waals surface area contributed by atoms with Crippen LogP contribution in [0.4, 0.5) is 0 Å². The molecule has 0 aromatic carbocycles. The summed E-state index contributed by atoms with van der Waals surface area (Å²) in [6.45, 7) is 3.89. The SMILES string of the molecule is CC(C)c1cc(C#N)c(=O)[nH]n1. The second kappa shape index (κ2) is 3.18. The van der Waals surface area contributed by atoms with E-state index in [-0.39, 0.29) is 11.5 Å². The van der Waals surface area contributed by atoms with Crippen molar-refractivity contribution in [1.29, 1.82) is 5.26 Å². The molecule has 1 heterocycles. The zero-order chi connectivity index (χ0) is 9.14. The van der Waals surface area contributed by atoms with Gasteiger partial charge in [-0.3, -0.25) is 4.79 Å². The number of hydrogen-bond donors (Lipinski definition) is 1. The van der Waals surface area contributed by atoms with Gasteiger partial charge in [-0.1, -0.05) is 13.8 Å². The molecule has 0 atom stereocenters. The van der Waals surface area contributed by atoms with E-state index in [1.807, 2.05) is 13.8 Å². The first-order chi connectivity index (χ1) is 5.65. The second-order valence-corrected chi connectivity index (χ2v) is 2.80. The van der Waals surface area contributed by atoms with E-state index >= 15 is 0 Å².